The number of amides is 1. The molecule has 5 heteroatoms. The van der Waals surface area contributed by atoms with Gasteiger partial charge in [0.05, 0.1) is 0 Å². The maximum Gasteiger partial charge on any atom is 0.269 e. The summed E-state index contributed by atoms with van der Waals surface area (Å²) in [7, 11) is 3.61. The molecule has 1 atom stereocenters. The van der Waals surface area contributed by atoms with Gasteiger partial charge < -0.3 is 15.5 Å². The third-order valence-corrected chi connectivity index (χ3v) is 3.35. The Morgan fingerprint density at radius 3 is 3.11 bits per heavy atom. The van der Waals surface area contributed by atoms with Crippen LogP contribution < -0.4 is 15.5 Å². The Hall–Kier alpha value is -1.62. The summed E-state index contributed by atoms with van der Waals surface area (Å²) in [6.07, 6.45) is 2.89. The lowest BCUT2D eigenvalue weighted by atomic mass is 10.1. The van der Waals surface area contributed by atoms with Gasteiger partial charge in [-0.1, -0.05) is 0 Å². The van der Waals surface area contributed by atoms with Gasteiger partial charge in [0.25, 0.3) is 5.91 Å². The van der Waals surface area contributed by atoms with Gasteiger partial charge in [-0.05, 0) is 38.1 Å². The summed E-state index contributed by atoms with van der Waals surface area (Å²) in [6, 6.07) is 3.83. The number of carbonyl (C=O) groups is 1. The molecule has 2 rings (SSSR count). The molecule has 0 aliphatic carbocycles. The minimum absolute atomic E-state index is 0.136. The van der Waals surface area contributed by atoms with E-state index in [-0.39, 0.29) is 5.91 Å². The number of pyridine rings is 1. The summed E-state index contributed by atoms with van der Waals surface area (Å²) in [5.74, 6) is 0.550. The van der Waals surface area contributed by atoms with Crippen LogP contribution in [0.25, 0.3) is 0 Å². The highest BCUT2D eigenvalue weighted by Crippen LogP contribution is 2.23. The quantitative estimate of drug-likeness (QED) is 0.814. The number of carbonyl (C=O) groups excluding carboxylic acids is 1. The van der Waals surface area contributed by atoms with Gasteiger partial charge in [0.15, 0.2) is 0 Å². The molecule has 2 heterocycles. The Kier molecular flexibility index (Phi) is 4.15. The zero-order valence-electron chi connectivity index (χ0n) is 10.9. The lowest BCUT2D eigenvalue weighted by molar-refractivity contribution is 0.0958. The van der Waals surface area contributed by atoms with Crippen LogP contribution in [0.15, 0.2) is 18.3 Å². The minimum atomic E-state index is -0.136. The third-order valence-electron chi connectivity index (χ3n) is 3.35. The fourth-order valence-corrected chi connectivity index (χ4v) is 2.39. The molecule has 0 aromatic carbocycles. The highest BCUT2D eigenvalue weighted by atomic mass is 16.1. The summed E-state index contributed by atoms with van der Waals surface area (Å²) in [4.78, 5) is 17.9. The fraction of sp³-hybridized carbons (Fsp3) is 0.538. The third kappa shape index (κ3) is 2.79. The molecule has 0 saturated carbocycles. The molecule has 1 saturated heterocycles. The van der Waals surface area contributed by atoms with Crippen molar-refractivity contribution in [2.24, 2.45) is 5.92 Å². The smallest absolute Gasteiger partial charge is 0.269 e. The van der Waals surface area contributed by atoms with Crippen LogP contribution in [0.2, 0.25) is 0 Å². The molecule has 0 spiro atoms. The van der Waals surface area contributed by atoms with Crippen molar-refractivity contribution in [1.82, 2.24) is 15.6 Å². The largest absolute Gasteiger partial charge is 0.371 e. The molecule has 98 valence electrons. The van der Waals surface area contributed by atoms with Crippen molar-refractivity contribution >= 4 is 11.6 Å². The molecule has 0 bridgehead atoms. The van der Waals surface area contributed by atoms with Crippen LogP contribution in [-0.2, 0) is 0 Å². The van der Waals surface area contributed by atoms with Crippen LogP contribution in [0.5, 0.6) is 0 Å². The summed E-state index contributed by atoms with van der Waals surface area (Å²) in [6.45, 7) is 3.13. The normalized spacial score (nSPS) is 19.0. The van der Waals surface area contributed by atoms with Crippen LogP contribution in [0.1, 0.15) is 16.9 Å². The van der Waals surface area contributed by atoms with Crippen LogP contribution >= 0.6 is 0 Å². The average Bonchev–Trinajstić information content (AvgIpc) is 2.87. The van der Waals surface area contributed by atoms with E-state index in [1.807, 2.05) is 19.2 Å². The Morgan fingerprint density at radius 1 is 1.56 bits per heavy atom. The first-order valence-corrected chi connectivity index (χ1v) is 6.32. The lowest BCUT2D eigenvalue weighted by Crippen LogP contribution is -2.25. The maximum absolute atomic E-state index is 11.5. The van der Waals surface area contributed by atoms with E-state index < -0.39 is 0 Å². The molecule has 0 radical (unpaired) electrons. The topological polar surface area (TPSA) is 57.3 Å². The highest BCUT2D eigenvalue weighted by molar-refractivity contribution is 5.92. The SMILES string of the molecule is CNCC1CCN(c2ccnc(C(=O)NC)c2)C1. The van der Waals surface area contributed by atoms with Crippen molar-refractivity contribution < 1.29 is 4.79 Å². The van der Waals surface area contributed by atoms with E-state index in [9.17, 15) is 4.79 Å². The van der Waals surface area contributed by atoms with Crippen molar-refractivity contribution in [1.29, 1.82) is 0 Å². The fourth-order valence-electron chi connectivity index (χ4n) is 2.39. The second-order valence-electron chi connectivity index (χ2n) is 4.64. The molecular formula is C13H20N4O. The van der Waals surface area contributed by atoms with Crippen LogP contribution in [0.4, 0.5) is 5.69 Å². The first-order chi connectivity index (χ1) is 8.74. The van der Waals surface area contributed by atoms with Gasteiger partial charge in [-0.3, -0.25) is 9.78 Å². The average molecular weight is 248 g/mol. The number of nitrogens with zero attached hydrogens (tertiary/aromatic N) is 2. The number of rotatable bonds is 4. The Balaban J connectivity index is 2.08. The Bertz CT molecular complexity index is 421. The predicted molar refractivity (Wildman–Crippen MR) is 71.9 cm³/mol. The molecule has 5 nitrogen and oxygen atoms in total. The van der Waals surface area contributed by atoms with Gasteiger partial charge in [0.1, 0.15) is 5.69 Å². The summed E-state index contributed by atoms with van der Waals surface area (Å²) < 4.78 is 0. The predicted octanol–water partition coefficient (Wildman–Crippen LogP) is 0.487. The monoisotopic (exact) mass is 248 g/mol. The van der Waals surface area contributed by atoms with E-state index >= 15 is 0 Å². The van der Waals surface area contributed by atoms with Crippen molar-refractivity contribution in [3.05, 3.63) is 24.0 Å². The molecule has 1 aromatic rings. The second-order valence-corrected chi connectivity index (χ2v) is 4.64. The Labute approximate surface area is 108 Å². The zero-order chi connectivity index (χ0) is 13.0. The summed E-state index contributed by atoms with van der Waals surface area (Å²) in [5.41, 5.74) is 1.56. The van der Waals surface area contributed by atoms with E-state index in [1.165, 1.54) is 6.42 Å². The highest BCUT2D eigenvalue weighted by Gasteiger charge is 2.22. The number of aromatic nitrogens is 1. The molecule has 1 fully saturated rings. The number of anilines is 1. The standard InChI is InChI=1S/C13H20N4O/c1-14-8-10-4-6-17(9-10)11-3-5-16-12(7-11)13(18)15-2/h3,5,7,10,14H,4,6,8-9H2,1-2H3,(H,15,18). The maximum atomic E-state index is 11.5. The number of nitrogens with one attached hydrogen (secondary N) is 2. The minimum Gasteiger partial charge on any atom is -0.371 e. The second kappa shape index (κ2) is 5.82. The van der Waals surface area contributed by atoms with Crippen LogP contribution in [0.3, 0.4) is 0 Å². The van der Waals surface area contributed by atoms with E-state index in [2.05, 4.69) is 20.5 Å². The van der Waals surface area contributed by atoms with Crippen molar-refractivity contribution in [2.75, 3.05) is 38.6 Å². The van der Waals surface area contributed by atoms with Gasteiger partial charge in [-0.2, -0.15) is 0 Å². The van der Waals surface area contributed by atoms with Gasteiger partial charge in [-0.25, -0.2) is 0 Å². The zero-order valence-corrected chi connectivity index (χ0v) is 10.9. The molecule has 1 unspecified atom stereocenters. The molecule has 18 heavy (non-hydrogen) atoms. The summed E-state index contributed by atoms with van der Waals surface area (Å²) >= 11 is 0. The van der Waals surface area contributed by atoms with Gasteiger partial charge in [0.2, 0.25) is 0 Å². The number of hydrogen-bond acceptors (Lipinski definition) is 4. The Morgan fingerprint density at radius 2 is 2.39 bits per heavy atom. The molecule has 1 aromatic heterocycles. The molecule has 1 aliphatic heterocycles. The van der Waals surface area contributed by atoms with Gasteiger partial charge in [-0.15, -0.1) is 0 Å². The van der Waals surface area contributed by atoms with Crippen molar-refractivity contribution in [3.8, 4) is 0 Å². The first-order valence-electron chi connectivity index (χ1n) is 6.32. The van der Waals surface area contributed by atoms with Crippen molar-refractivity contribution in [2.45, 2.75) is 6.42 Å². The van der Waals surface area contributed by atoms with E-state index in [1.54, 1.807) is 13.2 Å². The number of hydrogen-bond donors (Lipinski definition) is 2. The van der Waals surface area contributed by atoms with Gasteiger partial charge >= 0.3 is 0 Å². The first kappa shape index (κ1) is 12.8. The molecular weight excluding hydrogens is 228 g/mol. The summed E-state index contributed by atoms with van der Waals surface area (Å²) in [5, 5.41) is 5.82. The van der Waals surface area contributed by atoms with E-state index in [4.69, 9.17) is 0 Å². The molecule has 1 amide bonds. The van der Waals surface area contributed by atoms with E-state index in [0.29, 0.717) is 11.6 Å². The molecule has 1 aliphatic rings. The van der Waals surface area contributed by atoms with E-state index in [0.717, 1.165) is 25.3 Å². The van der Waals surface area contributed by atoms with Crippen LogP contribution in [-0.4, -0.2) is 44.6 Å². The van der Waals surface area contributed by atoms with Crippen LogP contribution in [0, 0.1) is 5.92 Å². The molecule has 2 N–H and O–H groups in total. The van der Waals surface area contributed by atoms with Crippen molar-refractivity contribution in [3.63, 3.8) is 0 Å². The van der Waals surface area contributed by atoms with Gasteiger partial charge in [0, 0.05) is 32.0 Å². The lowest BCUT2D eigenvalue weighted by Gasteiger charge is -2.19.